The van der Waals surface area contributed by atoms with E-state index < -0.39 is 0 Å². The molecule has 2 fully saturated rings. The molecule has 2 saturated heterocycles. The van der Waals surface area contributed by atoms with Gasteiger partial charge in [-0.1, -0.05) is 12.8 Å². The lowest BCUT2D eigenvalue weighted by molar-refractivity contribution is 0.0640. The van der Waals surface area contributed by atoms with Crippen molar-refractivity contribution < 1.29 is 9.21 Å². The normalized spacial score (nSPS) is 21.8. The summed E-state index contributed by atoms with van der Waals surface area (Å²) < 4.78 is 5.31. The van der Waals surface area contributed by atoms with Crippen LogP contribution in [0.1, 0.15) is 54.6 Å². The van der Waals surface area contributed by atoms with Gasteiger partial charge in [0, 0.05) is 19.6 Å². The van der Waals surface area contributed by atoms with Crippen LogP contribution in [0.4, 0.5) is 0 Å². The van der Waals surface area contributed by atoms with Crippen LogP contribution >= 0.6 is 24.8 Å². The zero-order valence-electron chi connectivity index (χ0n) is 14.8. The van der Waals surface area contributed by atoms with Crippen molar-refractivity contribution in [3.8, 4) is 0 Å². The van der Waals surface area contributed by atoms with Crippen LogP contribution in [0.5, 0.6) is 0 Å². The summed E-state index contributed by atoms with van der Waals surface area (Å²) in [5.41, 5.74) is 6.20. The number of rotatable bonds is 4. The lowest BCUT2D eigenvalue weighted by Crippen LogP contribution is -2.43. The third-order valence-corrected chi connectivity index (χ3v) is 5.12. The quantitative estimate of drug-likeness (QED) is 0.854. The summed E-state index contributed by atoms with van der Waals surface area (Å²) in [6.45, 7) is 5.67. The van der Waals surface area contributed by atoms with E-state index in [-0.39, 0.29) is 30.7 Å². The van der Waals surface area contributed by atoms with E-state index in [4.69, 9.17) is 10.2 Å². The number of halogens is 2. The molecule has 0 spiro atoms. The van der Waals surface area contributed by atoms with Crippen LogP contribution < -0.4 is 5.73 Å². The Kier molecular flexibility index (Phi) is 9.87. The molecule has 3 rings (SSSR count). The topological polar surface area (TPSA) is 62.7 Å². The fourth-order valence-corrected chi connectivity index (χ4v) is 3.86. The predicted molar refractivity (Wildman–Crippen MR) is 105 cm³/mol. The Hall–Kier alpha value is -0.750. The van der Waals surface area contributed by atoms with Gasteiger partial charge in [0.2, 0.25) is 0 Å². The SMILES string of the molecule is Cl.Cl.NCc1cc(C(=O)N2CCCC(CN3CCCCCC3)C2)co1. The van der Waals surface area contributed by atoms with Crippen molar-refractivity contribution in [1.29, 1.82) is 0 Å². The fourth-order valence-electron chi connectivity index (χ4n) is 3.86. The van der Waals surface area contributed by atoms with Crippen molar-refractivity contribution in [3.05, 3.63) is 23.7 Å². The van der Waals surface area contributed by atoms with E-state index in [1.54, 1.807) is 12.3 Å². The highest BCUT2D eigenvalue weighted by Gasteiger charge is 2.26. The minimum absolute atomic E-state index is 0. The number of piperidine rings is 1. The zero-order valence-corrected chi connectivity index (χ0v) is 16.5. The molecule has 5 nitrogen and oxygen atoms in total. The maximum absolute atomic E-state index is 12.6. The van der Waals surface area contributed by atoms with Crippen LogP contribution in [0, 0.1) is 5.92 Å². The Morgan fingerprint density at radius 3 is 2.48 bits per heavy atom. The smallest absolute Gasteiger partial charge is 0.257 e. The summed E-state index contributed by atoms with van der Waals surface area (Å²) in [6.07, 6.45) is 9.28. The van der Waals surface area contributed by atoms with Gasteiger partial charge in [-0.2, -0.15) is 0 Å². The van der Waals surface area contributed by atoms with Gasteiger partial charge in [0.1, 0.15) is 12.0 Å². The lowest BCUT2D eigenvalue weighted by atomic mass is 9.96. The molecular weight excluding hydrogens is 361 g/mol. The summed E-state index contributed by atoms with van der Waals surface area (Å²) in [4.78, 5) is 17.2. The van der Waals surface area contributed by atoms with Crippen LogP contribution in [0.2, 0.25) is 0 Å². The number of hydrogen-bond acceptors (Lipinski definition) is 4. The summed E-state index contributed by atoms with van der Waals surface area (Å²) in [5.74, 6) is 1.37. The third kappa shape index (κ3) is 6.17. The summed E-state index contributed by atoms with van der Waals surface area (Å²) in [5, 5.41) is 0. The lowest BCUT2D eigenvalue weighted by Gasteiger charge is -2.35. The highest BCUT2D eigenvalue weighted by atomic mass is 35.5. The number of carbonyl (C=O) groups is 1. The second-order valence-corrected chi connectivity index (χ2v) is 6.98. The number of amides is 1. The number of hydrogen-bond donors (Lipinski definition) is 1. The Morgan fingerprint density at radius 1 is 1.12 bits per heavy atom. The van der Waals surface area contributed by atoms with Gasteiger partial charge in [-0.3, -0.25) is 4.79 Å². The first-order chi connectivity index (χ1) is 11.3. The van der Waals surface area contributed by atoms with Crippen molar-refractivity contribution in [2.45, 2.75) is 45.1 Å². The predicted octanol–water partition coefficient (Wildman–Crippen LogP) is 3.31. The Balaban J connectivity index is 0.00000156. The number of nitrogens with zero attached hydrogens (tertiary/aromatic N) is 2. The number of furan rings is 1. The van der Waals surface area contributed by atoms with E-state index >= 15 is 0 Å². The second-order valence-electron chi connectivity index (χ2n) is 6.98. The van der Waals surface area contributed by atoms with Gasteiger partial charge in [0.05, 0.1) is 12.1 Å². The molecule has 0 aliphatic carbocycles. The van der Waals surface area contributed by atoms with E-state index in [0.717, 1.165) is 26.1 Å². The van der Waals surface area contributed by atoms with Crippen LogP contribution in [0.3, 0.4) is 0 Å². The van der Waals surface area contributed by atoms with Gasteiger partial charge in [0.15, 0.2) is 0 Å². The maximum Gasteiger partial charge on any atom is 0.257 e. The zero-order chi connectivity index (χ0) is 16.1. The molecule has 1 atom stereocenters. The molecule has 0 bridgehead atoms. The fraction of sp³-hybridized carbons (Fsp3) is 0.722. The molecule has 7 heteroatoms. The van der Waals surface area contributed by atoms with Gasteiger partial charge >= 0.3 is 0 Å². The minimum atomic E-state index is 0. The molecule has 1 amide bonds. The molecule has 1 aromatic heterocycles. The van der Waals surface area contributed by atoms with Gasteiger partial charge in [-0.25, -0.2) is 0 Å². The molecule has 3 heterocycles. The Labute approximate surface area is 163 Å². The van der Waals surface area contributed by atoms with Gasteiger partial charge < -0.3 is 20.0 Å². The number of nitrogens with two attached hydrogens (primary N) is 1. The van der Waals surface area contributed by atoms with E-state index in [0.29, 0.717) is 23.8 Å². The van der Waals surface area contributed by atoms with E-state index in [2.05, 4.69) is 4.90 Å². The van der Waals surface area contributed by atoms with Gasteiger partial charge in [0.25, 0.3) is 5.91 Å². The standard InChI is InChI=1S/C18H29N3O2.2ClH/c19-11-17-10-16(14-23-17)18(22)21-9-5-6-15(13-21)12-20-7-3-1-2-4-8-20;;/h10,14-15H,1-9,11-13,19H2;2*1H. The van der Waals surface area contributed by atoms with E-state index in [9.17, 15) is 4.79 Å². The first-order valence-corrected chi connectivity index (χ1v) is 9.05. The highest BCUT2D eigenvalue weighted by Crippen LogP contribution is 2.22. The summed E-state index contributed by atoms with van der Waals surface area (Å²) >= 11 is 0. The van der Waals surface area contributed by atoms with Gasteiger partial charge in [-0.05, 0) is 50.8 Å². The highest BCUT2D eigenvalue weighted by molar-refractivity contribution is 5.94. The monoisotopic (exact) mass is 391 g/mol. The Bertz CT molecular complexity index is 516. The van der Waals surface area contributed by atoms with E-state index in [1.807, 2.05) is 4.90 Å². The molecule has 0 radical (unpaired) electrons. The van der Waals surface area contributed by atoms with Crippen LogP contribution in [0.15, 0.2) is 16.7 Å². The average Bonchev–Trinajstić information content (AvgIpc) is 2.92. The average molecular weight is 392 g/mol. The molecule has 0 aromatic carbocycles. The molecular formula is C18H31Cl2N3O2. The maximum atomic E-state index is 12.6. The molecule has 25 heavy (non-hydrogen) atoms. The third-order valence-electron chi connectivity index (χ3n) is 5.12. The molecule has 2 N–H and O–H groups in total. The molecule has 2 aliphatic heterocycles. The molecule has 1 unspecified atom stereocenters. The molecule has 2 aliphatic rings. The van der Waals surface area contributed by atoms with Gasteiger partial charge in [-0.15, -0.1) is 24.8 Å². The van der Waals surface area contributed by atoms with Crippen LogP contribution in [-0.2, 0) is 6.54 Å². The van der Waals surface area contributed by atoms with Crippen molar-refractivity contribution in [2.75, 3.05) is 32.7 Å². The van der Waals surface area contributed by atoms with Crippen molar-refractivity contribution in [2.24, 2.45) is 11.7 Å². The van der Waals surface area contributed by atoms with Crippen LogP contribution in [0.25, 0.3) is 0 Å². The number of carbonyl (C=O) groups excluding carboxylic acids is 1. The number of likely N-dealkylation sites (tertiary alicyclic amines) is 2. The minimum Gasteiger partial charge on any atom is -0.467 e. The second kappa shape index (κ2) is 11.1. The van der Waals surface area contributed by atoms with Crippen molar-refractivity contribution >= 4 is 30.7 Å². The molecule has 0 saturated carbocycles. The summed E-state index contributed by atoms with van der Waals surface area (Å²) in [6, 6.07) is 1.78. The largest absolute Gasteiger partial charge is 0.467 e. The molecule has 1 aromatic rings. The van der Waals surface area contributed by atoms with Crippen LogP contribution in [-0.4, -0.2) is 48.4 Å². The van der Waals surface area contributed by atoms with E-state index in [1.165, 1.54) is 45.2 Å². The van der Waals surface area contributed by atoms with Crippen molar-refractivity contribution in [1.82, 2.24) is 9.80 Å². The molecule has 144 valence electrons. The Morgan fingerprint density at radius 2 is 1.84 bits per heavy atom. The summed E-state index contributed by atoms with van der Waals surface area (Å²) in [7, 11) is 0. The first kappa shape index (κ1) is 22.3. The van der Waals surface area contributed by atoms with Crippen molar-refractivity contribution in [3.63, 3.8) is 0 Å². The first-order valence-electron chi connectivity index (χ1n) is 9.05.